The molecule has 6 unspecified atom stereocenters. The van der Waals surface area contributed by atoms with Gasteiger partial charge < -0.3 is 0 Å². The number of allylic oxidation sites excluding steroid dienone is 4. The van der Waals surface area contributed by atoms with Gasteiger partial charge in [-0.05, 0) is 32.5 Å². The maximum atomic E-state index is 12.2. The van der Waals surface area contributed by atoms with Gasteiger partial charge in [-0.3, -0.25) is 39.6 Å². The largest absolute Gasteiger partial charge is 0.281 e. The summed E-state index contributed by atoms with van der Waals surface area (Å²) < 4.78 is 0. The Morgan fingerprint density at radius 2 is 0.750 bits per heavy atom. The first-order valence-electron chi connectivity index (χ1n) is 19.6. The van der Waals surface area contributed by atoms with Crippen molar-refractivity contribution in [1.29, 1.82) is 0 Å². The monoisotopic (exact) mass is 787 g/mol. The highest BCUT2D eigenvalue weighted by molar-refractivity contribution is 5.85. The molecule has 4 amide bonds. The van der Waals surface area contributed by atoms with Gasteiger partial charge in [0.05, 0.1) is 23.7 Å². The highest BCUT2D eigenvalue weighted by atomic mass is 16.5. The average Bonchev–Trinajstić information content (AvgIpc) is 3.61. The molecular formula is C44H78N6O6. The predicted molar refractivity (Wildman–Crippen MR) is 223 cm³/mol. The third-order valence-electron chi connectivity index (χ3n) is 11.3. The number of carbonyl (C=O) groups excluding carboxylic acids is 4. The molecule has 0 radical (unpaired) electrons. The third kappa shape index (κ3) is 11.4. The van der Waals surface area contributed by atoms with Gasteiger partial charge in [0.2, 0.25) is 11.8 Å². The van der Waals surface area contributed by atoms with Crippen LogP contribution in [0.15, 0.2) is 49.1 Å². The molecule has 4 fully saturated rings. The molecule has 4 rings (SSSR count). The van der Waals surface area contributed by atoms with Gasteiger partial charge in [0.15, 0.2) is 0 Å². The lowest BCUT2D eigenvalue weighted by atomic mass is 9.65. The molecule has 0 spiro atoms. The third-order valence-corrected chi connectivity index (χ3v) is 11.3. The zero-order chi connectivity index (χ0) is 44.8. The van der Waals surface area contributed by atoms with Gasteiger partial charge in [-0.25, -0.2) is 11.7 Å². The van der Waals surface area contributed by atoms with Gasteiger partial charge in [0.1, 0.15) is 0 Å². The van der Waals surface area contributed by atoms with E-state index in [0.717, 1.165) is 16.5 Å². The number of hydrazine groups is 2. The molecule has 0 aromatic carbocycles. The van der Waals surface area contributed by atoms with E-state index < -0.39 is 0 Å². The summed E-state index contributed by atoms with van der Waals surface area (Å²) in [6, 6.07) is 0. The molecule has 0 aromatic heterocycles. The van der Waals surface area contributed by atoms with Crippen LogP contribution in [-0.4, -0.2) is 54.2 Å². The summed E-state index contributed by atoms with van der Waals surface area (Å²) in [6.07, 6.45) is 1.26. The van der Waals surface area contributed by atoms with Crippen LogP contribution in [0.2, 0.25) is 0 Å². The van der Waals surface area contributed by atoms with Crippen LogP contribution < -0.4 is 11.7 Å². The number of carbonyl (C=O) groups is 4. The molecule has 0 aliphatic carbocycles. The van der Waals surface area contributed by atoms with E-state index in [1.54, 1.807) is 0 Å². The second-order valence-corrected chi connectivity index (χ2v) is 22.5. The molecule has 4 heterocycles. The molecule has 6 atom stereocenters. The summed E-state index contributed by atoms with van der Waals surface area (Å²) in [5, 5.41) is 22.7. The fourth-order valence-electron chi connectivity index (χ4n) is 8.07. The van der Waals surface area contributed by atoms with Crippen molar-refractivity contribution in [3.8, 4) is 0 Å². The normalized spacial score (nSPS) is 26.8. The van der Waals surface area contributed by atoms with Gasteiger partial charge in [0.25, 0.3) is 11.8 Å². The van der Waals surface area contributed by atoms with Crippen molar-refractivity contribution in [2.75, 3.05) is 0 Å². The Morgan fingerprint density at radius 3 is 0.964 bits per heavy atom. The minimum atomic E-state index is -0.229. The smallest absolute Gasteiger partial charge is 0.254 e. The highest BCUT2D eigenvalue weighted by Gasteiger charge is 2.54. The molecule has 12 heteroatoms. The first-order valence-corrected chi connectivity index (χ1v) is 19.6. The summed E-state index contributed by atoms with van der Waals surface area (Å²) in [5.74, 6) is 10.5. The number of nitrogens with two attached hydrogens (primary N) is 2. The minimum Gasteiger partial charge on any atom is -0.281 e. The summed E-state index contributed by atoms with van der Waals surface area (Å²) in [4.78, 5) is 47.1. The molecule has 4 aliphatic heterocycles. The zero-order valence-electron chi connectivity index (χ0n) is 38.2. The van der Waals surface area contributed by atoms with E-state index in [4.69, 9.17) is 11.7 Å². The molecule has 320 valence electrons. The number of hydrogen-bond donors (Lipinski definition) is 4. The second-order valence-electron chi connectivity index (χ2n) is 22.5. The Balaban J connectivity index is 0.000000377. The summed E-state index contributed by atoms with van der Waals surface area (Å²) >= 11 is 0. The topological polar surface area (TPSA) is 174 Å². The number of hydrogen-bond acceptors (Lipinski definition) is 8. The van der Waals surface area contributed by atoms with Crippen LogP contribution >= 0.6 is 0 Å². The first kappa shape index (κ1) is 50.7. The number of amides is 4. The lowest BCUT2D eigenvalue weighted by Crippen LogP contribution is -2.38. The lowest BCUT2D eigenvalue weighted by molar-refractivity contribution is -0.157. The van der Waals surface area contributed by atoms with E-state index in [-0.39, 0.29) is 91.6 Å². The van der Waals surface area contributed by atoms with Crippen molar-refractivity contribution in [2.24, 2.45) is 79.7 Å². The van der Waals surface area contributed by atoms with E-state index in [1.165, 1.54) is 10.0 Å². The van der Waals surface area contributed by atoms with Crippen molar-refractivity contribution in [2.45, 2.75) is 137 Å². The second kappa shape index (κ2) is 16.9. The van der Waals surface area contributed by atoms with Crippen LogP contribution in [0.5, 0.6) is 0 Å². The number of hydroxylamine groups is 4. The molecular weight excluding hydrogens is 709 g/mol. The minimum absolute atomic E-state index is 0.00118. The van der Waals surface area contributed by atoms with Crippen molar-refractivity contribution in [1.82, 2.24) is 20.1 Å². The van der Waals surface area contributed by atoms with Crippen LogP contribution in [-0.2, 0) is 19.2 Å². The van der Waals surface area contributed by atoms with Crippen LogP contribution in [0.3, 0.4) is 0 Å². The predicted octanol–water partition coefficient (Wildman–Crippen LogP) is 8.65. The van der Waals surface area contributed by atoms with Crippen LogP contribution in [0, 0.1) is 68.0 Å². The van der Waals surface area contributed by atoms with Crippen LogP contribution in [0.4, 0.5) is 0 Å². The maximum Gasteiger partial charge on any atom is 0.254 e. The Morgan fingerprint density at radius 1 is 0.429 bits per heavy atom. The van der Waals surface area contributed by atoms with Gasteiger partial charge in [0, 0.05) is 47.5 Å². The standard InChI is InChI=1S/C13H24N2O.C13H23NO2.C9H16N2O.C9H15NO2/c1-8-9(12(2,3)4)10(13(5,6)7)11(16)15(8)14;1-8-9(12(2,3)4)10(13(5,6)7)11(15)14(8)16;1-6-5-7(9(2,3)4)8(12)11(6)10;1-6-5-7(9(2,3)4)8(11)10(6)12/h9-10H,1,14H2,2-7H3;9-10,16H,1H2,2-7H3;7H,1,5,10H2,2-4H3;7,12H,1,5H2,2-4H3. The molecule has 0 bridgehead atoms. The van der Waals surface area contributed by atoms with E-state index in [0.29, 0.717) is 29.3 Å². The summed E-state index contributed by atoms with van der Waals surface area (Å²) in [5.41, 5.74) is 2.03. The van der Waals surface area contributed by atoms with Gasteiger partial charge in [-0.2, -0.15) is 10.1 Å². The molecule has 4 saturated heterocycles. The van der Waals surface area contributed by atoms with Crippen molar-refractivity contribution >= 4 is 23.6 Å². The quantitative estimate of drug-likeness (QED) is 0.107. The van der Waals surface area contributed by atoms with Crippen molar-refractivity contribution < 1.29 is 29.6 Å². The number of nitrogens with zero attached hydrogens (tertiary/aromatic N) is 4. The summed E-state index contributed by atoms with van der Waals surface area (Å²) in [6.45, 7) is 52.2. The van der Waals surface area contributed by atoms with E-state index in [1.807, 2.05) is 62.3 Å². The molecule has 0 aromatic rings. The highest BCUT2D eigenvalue weighted by Crippen LogP contribution is 2.51. The lowest BCUT2D eigenvalue weighted by Gasteiger charge is -2.37. The Kier molecular flexibility index (Phi) is 15.3. The van der Waals surface area contributed by atoms with E-state index >= 15 is 0 Å². The molecule has 0 saturated carbocycles. The Bertz CT molecular complexity index is 1380. The van der Waals surface area contributed by atoms with Crippen LogP contribution in [0.1, 0.15) is 137 Å². The van der Waals surface area contributed by atoms with E-state index in [9.17, 15) is 29.6 Å². The summed E-state index contributed by atoms with van der Waals surface area (Å²) in [7, 11) is 0. The van der Waals surface area contributed by atoms with Gasteiger partial charge in [-0.1, -0.05) is 151 Å². The Labute approximate surface area is 338 Å². The molecule has 4 aliphatic rings. The first-order chi connectivity index (χ1) is 24.6. The van der Waals surface area contributed by atoms with E-state index in [2.05, 4.69) is 88.6 Å². The van der Waals surface area contributed by atoms with Crippen molar-refractivity contribution in [3.63, 3.8) is 0 Å². The van der Waals surface area contributed by atoms with Crippen LogP contribution in [0.25, 0.3) is 0 Å². The Hall–Kier alpha value is -3.32. The van der Waals surface area contributed by atoms with Crippen molar-refractivity contribution in [3.05, 3.63) is 49.1 Å². The maximum absolute atomic E-state index is 12.2. The zero-order valence-corrected chi connectivity index (χ0v) is 38.2. The fraction of sp³-hybridized carbons (Fsp3) is 0.727. The molecule has 12 nitrogen and oxygen atoms in total. The van der Waals surface area contributed by atoms with Gasteiger partial charge in [-0.15, -0.1) is 0 Å². The molecule has 56 heavy (non-hydrogen) atoms. The average molecular weight is 787 g/mol. The van der Waals surface area contributed by atoms with Gasteiger partial charge >= 0.3 is 0 Å². The molecule has 6 N–H and O–H groups in total. The number of rotatable bonds is 0. The SMILES string of the molecule is C=C1C(C(C)(C)C)C(C(C)(C)C)C(=O)N1N.C=C1C(C(C)(C)C)C(C(C)(C)C)C(=O)N1O.C=C1CC(C(C)(C)C)C(=O)N1N.C=C1CC(C(C)(C)C)C(=O)N1O. The fourth-order valence-corrected chi connectivity index (χ4v) is 8.07.